The second-order valence-corrected chi connectivity index (χ2v) is 7.94. The van der Waals surface area contributed by atoms with Gasteiger partial charge in [-0.05, 0) is 91.0 Å². The van der Waals surface area contributed by atoms with Gasteiger partial charge in [0.1, 0.15) is 5.75 Å². The molecule has 1 aromatic rings. The smallest absolute Gasteiger partial charge is 0.119 e. The van der Waals surface area contributed by atoms with Crippen LogP contribution in [-0.2, 0) is 0 Å². The third-order valence-electron chi connectivity index (χ3n) is 7.11. The van der Waals surface area contributed by atoms with Crippen LogP contribution in [-0.4, -0.2) is 16.3 Å². The molecule has 0 bridgehead atoms. The average molecular weight is 298 g/mol. The molecule has 3 aliphatic carbocycles. The summed E-state index contributed by atoms with van der Waals surface area (Å²) in [5, 5.41) is 20.6. The maximum absolute atomic E-state index is 10.4. The van der Waals surface area contributed by atoms with Gasteiger partial charge in [0.05, 0.1) is 6.10 Å². The van der Waals surface area contributed by atoms with Crippen LogP contribution < -0.4 is 0 Å². The van der Waals surface area contributed by atoms with E-state index in [0.29, 0.717) is 23.5 Å². The third kappa shape index (κ3) is 1.70. The number of aromatic hydroxyl groups is 1. The van der Waals surface area contributed by atoms with Gasteiger partial charge in [-0.2, -0.15) is 0 Å². The molecule has 0 saturated heterocycles. The molecular formula is C20H26O2. The van der Waals surface area contributed by atoms with E-state index >= 15 is 0 Å². The van der Waals surface area contributed by atoms with Gasteiger partial charge in [0, 0.05) is 0 Å². The largest absolute Gasteiger partial charge is 0.508 e. The van der Waals surface area contributed by atoms with Crippen molar-refractivity contribution >= 4 is 6.08 Å². The number of fused-ring (bicyclic) bond motifs is 5. The Morgan fingerprint density at radius 3 is 2.68 bits per heavy atom. The van der Waals surface area contributed by atoms with Gasteiger partial charge in [0.2, 0.25) is 0 Å². The fraction of sp³-hybridized carbons (Fsp3) is 0.600. The molecule has 0 radical (unpaired) electrons. The van der Waals surface area contributed by atoms with E-state index in [1.54, 1.807) is 0 Å². The van der Waals surface area contributed by atoms with Crippen molar-refractivity contribution in [3.8, 4) is 5.75 Å². The maximum Gasteiger partial charge on any atom is 0.119 e. The number of rotatable bonds is 0. The van der Waals surface area contributed by atoms with Gasteiger partial charge in [-0.25, -0.2) is 0 Å². The average Bonchev–Trinajstić information content (AvgIpc) is 2.80. The van der Waals surface area contributed by atoms with Crippen LogP contribution in [0.3, 0.4) is 0 Å². The van der Waals surface area contributed by atoms with Crippen LogP contribution in [0.25, 0.3) is 6.08 Å². The quantitative estimate of drug-likeness (QED) is 0.749. The Hall–Kier alpha value is -1.28. The first-order chi connectivity index (χ1) is 10.4. The lowest BCUT2D eigenvalue weighted by molar-refractivity contribution is -0.00804. The highest BCUT2D eigenvalue weighted by Crippen LogP contribution is 2.60. The van der Waals surface area contributed by atoms with Crippen molar-refractivity contribution in [2.75, 3.05) is 0 Å². The van der Waals surface area contributed by atoms with E-state index in [1.165, 1.54) is 16.7 Å². The molecule has 2 nitrogen and oxygen atoms in total. The molecule has 5 atom stereocenters. The first-order valence-electron chi connectivity index (χ1n) is 8.63. The van der Waals surface area contributed by atoms with Gasteiger partial charge in [0.25, 0.3) is 0 Å². The summed E-state index contributed by atoms with van der Waals surface area (Å²) in [6.45, 7) is 6.47. The molecule has 118 valence electrons. The standard InChI is InChI=1S/C20H26O2/c1-11-12(2)19-13(10-17(11)21)4-5-14-15(19)8-9-20(3)16(14)6-7-18(20)22/h4-5,10,14-16,18,21-22H,6-9H2,1-3H3. The van der Waals surface area contributed by atoms with E-state index < -0.39 is 0 Å². The molecule has 0 amide bonds. The second-order valence-electron chi connectivity index (χ2n) is 7.94. The first-order valence-corrected chi connectivity index (χ1v) is 8.63. The molecule has 5 unspecified atom stereocenters. The number of phenolic OH excluding ortho intramolecular Hbond substituents is 1. The van der Waals surface area contributed by atoms with Crippen LogP contribution in [0.15, 0.2) is 12.1 Å². The number of benzene rings is 1. The predicted octanol–water partition coefficient (Wildman–Crippen LogP) is 4.31. The van der Waals surface area contributed by atoms with Crippen molar-refractivity contribution < 1.29 is 10.2 Å². The Bertz CT molecular complexity index is 660. The molecule has 0 aliphatic heterocycles. The summed E-state index contributed by atoms with van der Waals surface area (Å²) in [6, 6.07) is 1.93. The van der Waals surface area contributed by atoms with Crippen LogP contribution in [0.4, 0.5) is 0 Å². The number of phenols is 1. The second kappa shape index (κ2) is 4.61. The molecule has 1 aromatic carbocycles. The Balaban J connectivity index is 1.81. The minimum Gasteiger partial charge on any atom is -0.508 e. The van der Waals surface area contributed by atoms with E-state index in [0.717, 1.165) is 31.2 Å². The molecule has 0 spiro atoms. The fourth-order valence-electron chi connectivity index (χ4n) is 5.56. The lowest BCUT2D eigenvalue weighted by Crippen LogP contribution is -2.42. The molecule has 2 saturated carbocycles. The van der Waals surface area contributed by atoms with Crippen molar-refractivity contribution in [1.82, 2.24) is 0 Å². The number of hydrogen-bond acceptors (Lipinski definition) is 2. The fourth-order valence-corrected chi connectivity index (χ4v) is 5.56. The molecule has 4 rings (SSSR count). The highest BCUT2D eigenvalue weighted by atomic mass is 16.3. The maximum atomic E-state index is 10.4. The lowest BCUT2D eigenvalue weighted by atomic mass is 9.56. The van der Waals surface area contributed by atoms with Crippen molar-refractivity contribution in [3.63, 3.8) is 0 Å². The molecule has 2 fully saturated rings. The zero-order chi connectivity index (χ0) is 15.6. The zero-order valence-electron chi connectivity index (χ0n) is 13.8. The van der Waals surface area contributed by atoms with Gasteiger partial charge < -0.3 is 10.2 Å². The molecule has 2 N–H and O–H groups in total. The van der Waals surface area contributed by atoms with Gasteiger partial charge in [-0.15, -0.1) is 0 Å². The Labute approximate surface area is 132 Å². The van der Waals surface area contributed by atoms with Gasteiger partial charge in [-0.1, -0.05) is 19.1 Å². The SMILES string of the molecule is Cc1c(O)cc2c(c1C)C1CCC3(C)C(O)CCC3C1C=C2. The first kappa shape index (κ1) is 14.3. The summed E-state index contributed by atoms with van der Waals surface area (Å²) in [5.41, 5.74) is 5.03. The summed E-state index contributed by atoms with van der Waals surface area (Å²) >= 11 is 0. The monoisotopic (exact) mass is 298 g/mol. The van der Waals surface area contributed by atoms with Crippen molar-refractivity contribution in [3.05, 3.63) is 34.4 Å². The van der Waals surface area contributed by atoms with E-state index in [9.17, 15) is 10.2 Å². The minimum absolute atomic E-state index is 0.100. The van der Waals surface area contributed by atoms with E-state index in [2.05, 4.69) is 26.0 Å². The van der Waals surface area contributed by atoms with Crippen LogP contribution >= 0.6 is 0 Å². The Kier molecular flexibility index (Phi) is 3.00. The predicted molar refractivity (Wildman–Crippen MR) is 88.9 cm³/mol. The van der Waals surface area contributed by atoms with Gasteiger partial charge in [0.15, 0.2) is 0 Å². The summed E-state index contributed by atoms with van der Waals surface area (Å²) < 4.78 is 0. The summed E-state index contributed by atoms with van der Waals surface area (Å²) in [5.74, 6) is 2.11. The summed E-state index contributed by atoms with van der Waals surface area (Å²) in [7, 11) is 0. The van der Waals surface area contributed by atoms with Gasteiger partial charge >= 0.3 is 0 Å². The molecule has 2 heteroatoms. The van der Waals surface area contributed by atoms with Gasteiger partial charge in [-0.3, -0.25) is 0 Å². The number of aliphatic hydroxyl groups excluding tert-OH is 1. The minimum atomic E-state index is -0.129. The Morgan fingerprint density at radius 1 is 1.14 bits per heavy atom. The normalized spacial score (nSPS) is 39.3. The number of hydrogen-bond donors (Lipinski definition) is 2. The van der Waals surface area contributed by atoms with Crippen molar-refractivity contribution in [2.24, 2.45) is 17.3 Å². The van der Waals surface area contributed by atoms with Crippen LogP contribution in [0.5, 0.6) is 5.75 Å². The van der Waals surface area contributed by atoms with E-state index in [4.69, 9.17) is 0 Å². The molecule has 22 heavy (non-hydrogen) atoms. The highest BCUT2D eigenvalue weighted by molar-refractivity contribution is 5.65. The summed E-state index contributed by atoms with van der Waals surface area (Å²) in [6.07, 6.45) is 8.81. The highest BCUT2D eigenvalue weighted by Gasteiger charge is 2.53. The topological polar surface area (TPSA) is 40.5 Å². The summed E-state index contributed by atoms with van der Waals surface area (Å²) in [4.78, 5) is 0. The van der Waals surface area contributed by atoms with Crippen molar-refractivity contribution in [2.45, 2.75) is 58.5 Å². The lowest BCUT2D eigenvalue weighted by Gasteiger charge is -2.48. The molecular weight excluding hydrogens is 272 g/mol. The molecule has 3 aliphatic rings. The van der Waals surface area contributed by atoms with Crippen LogP contribution in [0, 0.1) is 31.1 Å². The van der Waals surface area contributed by atoms with E-state index in [1.807, 2.05) is 13.0 Å². The molecule has 0 heterocycles. The van der Waals surface area contributed by atoms with Crippen LogP contribution in [0.1, 0.15) is 60.8 Å². The number of allylic oxidation sites excluding steroid dienone is 1. The van der Waals surface area contributed by atoms with Crippen LogP contribution in [0.2, 0.25) is 0 Å². The third-order valence-corrected chi connectivity index (χ3v) is 7.11. The van der Waals surface area contributed by atoms with E-state index in [-0.39, 0.29) is 11.5 Å². The Morgan fingerprint density at radius 2 is 1.91 bits per heavy atom. The molecule has 0 aromatic heterocycles. The zero-order valence-corrected chi connectivity index (χ0v) is 13.8. The number of aliphatic hydroxyl groups is 1. The van der Waals surface area contributed by atoms with Crippen molar-refractivity contribution in [1.29, 1.82) is 0 Å².